The summed E-state index contributed by atoms with van der Waals surface area (Å²) in [4.78, 5) is 16.7. The molecule has 2 aromatic carbocycles. The molecule has 0 radical (unpaired) electrons. The van der Waals surface area contributed by atoms with Crippen molar-refractivity contribution >= 4 is 5.91 Å². The Morgan fingerprint density at radius 2 is 1.74 bits per heavy atom. The lowest BCUT2D eigenvalue weighted by atomic mass is 10.1. The lowest BCUT2D eigenvalue weighted by Crippen LogP contribution is -2.35. The number of para-hydroxylation sites is 1. The molecule has 0 aromatic heterocycles. The van der Waals surface area contributed by atoms with Crippen LogP contribution in [0.15, 0.2) is 48.5 Å². The Labute approximate surface area is 156 Å². The Hall–Kier alpha value is -2.54. The molecule has 1 saturated heterocycles. The van der Waals surface area contributed by atoms with Crippen LogP contribution < -0.4 is 4.74 Å². The minimum atomic E-state index is -2.98. The molecule has 1 aliphatic rings. The lowest BCUT2D eigenvalue weighted by molar-refractivity contribution is -0.0502. The van der Waals surface area contributed by atoms with Crippen molar-refractivity contribution in [2.45, 2.75) is 19.6 Å². The first-order chi connectivity index (χ1) is 13.0. The largest absolute Gasteiger partial charge is 0.434 e. The van der Waals surface area contributed by atoms with Crippen LogP contribution >= 0.6 is 0 Å². The maximum absolute atomic E-state index is 13.0. The van der Waals surface area contributed by atoms with Gasteiger partial charge in [-0.2, -0.15) is 8.78 Å². The fourth-order valence-corrected chi connectivity index (χ4v) is 3.19. The highest BCUT2D eigenvalue weighted by Gasteiger charge is 2.23. The predicted molar refractivity (Wildman–Crippen MR) is 95.3 cm³/mol. The molecular formula is C20H21F3N2O2. The van der Waals surface area contributed by atoms with Crippen molar-refractivity contribution in [1.82, 2.24) is 9.80 Å². The Bertz CT molecular complexity index is 768. The predicted octanol–water partition coefficient (Wildman–Crippen LogP) is 3.78. The molecule has 4 nitrogen and oxygen atoms in total. The van der Waals surface area contributed by atoms with E-state index in [4.69, 9.17) is 0 Å². The topological polar surface area (TPSA) is 32.8 Å². The monoisotopic (exact) mass is 378 g/mol. The van der Waals surface area contributed by atoms with Gasteiger partial charge in [0.05, 0.1) is 5.56 Å². The zero-order valence-electron chi connectivity index (χ0n) is 14.8. The van der Waals surface area contributed by atoms with Gasteiger partial charge in [0.1, 0.15) is 11.6 Å². The minimum Gasteiger partial charge on any atom is -0.434 e. The molecule has 0 N–H and O–H groups in total. The van der Waals surface area contributed by atoms with Crippen molar-refractivity contribution in [2.75, 3.05) is 26.2 Å². The third kappa shape index (κ3) is 5.23. The smallest absolute Gasteiger partial charge is 0.387 e. The van der Waals surface area contributed by atoms with Crippen LogP contribution in [0.4, 0.5) is 13.2 Å². The van der Waals surface area contributed by atoms with Crippen molar-refractivity contribution in [1.29, 1.82) is 0 Å². The quantitative estimate of drug-likeness (QED) is 0.794. The third-order valence-electron chi connectivity index (χ3n) is 4.53. The number of nitrogens with zero attached hydrogens (tertiary/aromatic N) is 2. The highest BCUT2D eigenvalue weighted by Crippen LogP contribution is 2.22. The zero-order chi connectivity index (χ0) is 19.2. The number of carbonyl (C=O) groups excluding carboxylic acids is 1. The number of rotatable bonds is 5. The fourth-order valence-electron chi connectivity index (χ4n) is 3.19. The summed E-state index contributed by atoms with van der Waals surface area (Å²) in [6.07, 6.45) is 0.769. The van der Waals surface area contributed by atoms with Crippen LogP contribution in [-0.4, -0.2) is 48.5 Å². The first-order valence-corrected chi connectivity index (χ1v) is 8.83. The number of carbonyl (C=O) groups is 1. The van der Waals surface area contributed by atoms with E-state index in [2.05, 4.69) is 9.64 Å². The van der Waals surface area contributed by atoms with E-state index < -0.39 is 6.61 Å². The molecule has 144 valence electrons. The third-order valence-corrected chi connectivity index (χ3v) is 4.53. The Morgan fingerprint density at radius 1 is 1.00 bits per heavy atom. The first kappa shape index (κ1) is 19.2. The van der Waals surface area contributed by atoms with E-state index in [-0.39, 0.29) is 23.0 Å². The van der Waals surface area contributed by atoms with Gasteiger partial charge in [-0.15, -0.1) is 0 Å². The number of amides is 1. The Morgan fingerprint density at radius 3 is 2.48 bits per heavy atom. The van der Waals surface area contributed by atoms with Crippen molar-refractivity contribution in [3.8, 4) is 5.75 Å². The van der Waals surface area contributed by atoms with Gasteiger partial charge in [-0.1, -0.05) is 24.3 Å². The fraction of sp³-hybridized carbons (Fsp3) is 0.350. The van der Waals surface area contributed by atoms with Gasteiger partial charge < -0.3 is 9.64 Å². The minimum absolute atomic E-state index is 0.107. The standard InChI is InChI=1S/C20H21F3N2O2/c21-16-8-6-15(7-9-16)14-24-10-3-11-25(13-12-24)19(26)17-4-1-2-5-18(17)27-20(22)23/h1-2,4-9,20H,3,10-14H2. The number of benzene rings is 2. The summed E-state index contributed by atoms with van der Waals surface area (Å²) in [6.45, 7) is 0.185. The summed E-state index contributed by atoms with van der Waals surface area (Å²) in [5.74, 6) is -0.684. The molecule has 1 fully saturated rings. The molecule has 0 bridgehead atoms. The maximum atomic E-state index is 13.0. The molecule has 1 aliphatic heterocycles. The molecule has 0 unspecified atom stereocenters. The van der Waals surface area contributed by atoms with Crippen LogP contribution in [0.25, 0.3) is 0 Å². The second kappa shape index (κ2) is 8.90. The zero-order valence-corrected chi connectivity index (χ0v) is 14.8. The summed E-state index contributed by atoms with van der Waals surface area (Å²) < 4.78 is 42.7. The molecule has 7 heteroatoms. The van der Waals surface area contributed by atoms with E-state index in [0.29, 0.717) is 26.2 Å². The van der Waals surface area contributed by atoms with Crippen LogP contribution in [0.1, 0.15) is 22.3 Å². The van der Waals surface area contributed by atoms with Crippen LogP contribution in [-0.2, 0) is 6.54 Å². The molecular weight excluding hydrogens is 357 g/mol. The van der Waals surface area contributed by atoms with Crippen LogP contribution in [0.2, 0.25) is 0 Å². The Kier molecular flexibility index (Phi) is 6.34. The summed E-state index contributed by atoms with van der Waals surface area (Å²) in [5.41, 5.74) is 1.15. The first-order valence-electron chi connectivity index (χ1n) is 8.83. The van der Waals surface area contributed by atoms with Crippen molar-refractivity contribution in [2.24, 2.45) is 0 Å². The number of hydrogen-bond acceptors (Lipinski definition) is 3. The molecule has 0 spiro atoms. The molecule has 1 heterocycles. The van der Waals surface area contributed by atoms with E-state index in [0.717, 1.165) is 18.5 Å². The van der Waals surface area contributed by atoms with Gasteiger partial charge in [-0.25, -0.2) is 4.39 Å². The average Bonchev–Trinajstić information content (AvgIpc) is 2.89. The number of halogens is 3. The van der Waals surface area contributed by atoms with Crippen molar-refractivity contribution in [3.63, 3.8) is 0 Å². The molecule has 0 atom stereocenters. The molecule has 3 rings (SSSR count). The van der Waals surface area contributed by atoms with E-state index in [1.807, 2.05) is 0 Å². The van der Waals surface area contributed by atoms with Gasteiger partial charge in [0.25, 0.3) is 5.91 Å². The van der Waals surface area contributed by atoms with Crippen LogP contribution in [0.5, 0.6) is 5.75 Å². The highest BCUT2D eigenvalue weighted by atomic mass is 19.3. The van der Waals surface area contributed by atoms with Gasteiger partial charge in [0.2, 0.25) is 0 Å². The molecule has 2 aromatic rings. The average molecular weight is 378 g/mol. The summed E-state index contributed by atoms with van der Waals surface area (Å²) in [6, 6.07) is 12.4. The highest BCUT2D eigenvalue weighted by molar-refractivity contribution is 5.97. The maximum Gasteiger partial charge on any atom is 0.387 e. The van der Waals surface area contributed by atoms with Crippen LogP contribution in [0, 0.1) is 5.82 Å². The lowest BCUT2D eigenvalue weighted by Gasteiger charge is -2.23. The van der Waals surface area contributed by atoms with Gasteiger partial charge in [0, 0.05) is 32.7 Å². The molecule has 0 saturated carbocycles. The van der Waals surface area contributed by atoms with Gasteiger partial charge in [-0.3, -0.25) is 9.69 Å². The summed E-state index contributed by atoms with van der Waals surface area (Å²) >= 11 is 0. The van der Waals surface area contributed by atoms with E-state index >= 15 is 0 Å². The molecule has 27 heavy (non-hydrogen) atoms. The second-order valence-corrected chi connectivity index (χ2v) is 6.42. The van der Waals surface area contributed by atoms with Gasteiger partial charge in [-0.05, 0) is 36.2 Å². The number of hydrogen-bond donors (Lipinski definition) is 0. The second-order valence-electron chi connectivity index (χ2n) is 6.42. The molecule has 1 amide bonds. The van der Waals surface area contributed by atoms with Crippen molar-refractivity contribution in [3.05, 3.63) is 65.5 Å². The van der Waals surface area contributed by atoms with Gasteiger partial charge >= 0.3 is 6.61 Å². The summed E-state index contributed by atoms with van der Waals surface area (Å²) in [7, 11) is 0. The van der Waals surface area contributed by atoms with Crippen LogP contribution in [0.3, 0.4) is 0 Å². The Balaban J connectivity index is 1.64. The van der Waals surface area contributed by atoms with Gasteiger partial charge in [0.15, 0.2) is 0 Å². The van der Waals surface area contributed by atoms with E-state index in [1.165, 1.54) is 24.3 Å². The summed E-state index contributed by atoms with van der Waals surface area (Å²) in [5, 5.41) is 0. The SMILES string of the molecule is O=C(c1ccccc1OC(F)F)N1CCCN(Cc2ccc(F)cc2)CC1. The number of alkyl halides is 2. The molecule has 0 aliphatic carbocycles. The number of ether oxygens (including phenoxy) is 1. The normalized spacial score (nSPS) is 15.6. The van der Waals surface area contributed by atoms with Crippen molar-refractivity contribution < 1.29 is 22.7 Å². The van der Waals surface area contributed by atoms with E-state index in [9.17, 15) is 18.0 Å². The van der Waals surface area contributed by atoms with E-state index in [1.54, 1.807) is 29.2 Å².